The number of nitrogens with zero attached hydrogens (tertiary/aromatic N) is 2. The number of aryl methyl sites for hydroxylation is 1. The molecular formula is C21H21N3O4. The molecule has 2 aromatic rings. The number of ether oxygens (including phenoxy) is 1. The second-order valence-electron chi connectivity index (χ2n) is 6.72. The molecule has 0 unspecified atom stereocenters. The van der Waals surface area contributed by atoms with Crippen LogP contribution in [0.2, 0.25) is 0 Å². The van der Waals surface area contributed by atoms with Crippen LogP contribution in [0.3, 0.4) is 0 Å². The van der Waals surface area contributed by atoms with Crippen LogP contribution in [-0.2, 0) is 16.0 Å². The van der Waals surface area contributed by atoms with E-state index in [4.69, 9.17) is 0 Å². The lowest BCUT2D eigenvalue weighted by Crippen LogP contribution is -2.44. The van der Waals surface area contributed by atoms with Crippen molar-refractivity contribution < 1.29 is 19.1 Å². The lowest BCUT2D eigenvalue weighted by Gasteiger charge is -2.20. The van der Waals surface area contributed by atoms with Crippen molar-refractivity contribution in [3.8, 4) is 0 Å². The van der Waals surface area contributed by atoms with E-state index in [-0.39, 0.29) is 0 Å². The average Bonchev–Trinajstić information content (AvgIpc) is 2.94. The fraction of sp³-hybridized carbons (Fsp3) is 0.238. The molecule has 0 saturated carbocycles. The Morgan fingerprint density at radius 2 is 1.82 bits per heavy atom. The molecule has 0 aromatic heterocycles. The number of hydrogen-bond donors (Lipinski definition) is 1. The second kappa shape index (κ2) is 8.04. The van der Waals surface area contributed by atoms with Gasteiger partial charge in [0.05, 0.1) is 18.9 Å². The molecule has 28 heavy (non-hydrogen) atoms. The minimum atomic E-state index is -1.00. The Kier molecular flexibility index (Phi) is 5.54. The number of hydrogen-bond acceptors (Lipinski definition) is 5. The maximum Gasteiger partial charge on any atom is 0.346 e. The Morgan fingerprint density at radius 1 is 1.14 bits per heavy atom. The zero-order valence-electron chi connectivity index (χ0n) is 15.7. The van der Waals surface area contributed by atoms with Crippen LogP contribution >= 0.6 is 0 Å². The Labute approximate surface area is 163 Å². The topological polar surface area (TPSA) is 88.1 Å². The summed E-state index contributed by atoms with van der Waals surface area (Å²) in [5, 5.41) is 7.61. The molecule has 1 heterocycles. The van der Waals surface area contributed by atoms with E-state index >= 15 is 0 Å². The monoisotopic (exact) mass is 379 g/mol. The standard InChI is InChI=1S/C21H21N3O4/c1-21(13-12-15-6-4-3-5-7-15)19(26)24(20(27)23-21)22-14-16-8-10-17(11-9-16)18(25)28-2/h3-11,14H,12-13H2,1-2H3,(H,23,27)/b22-14-/t21-/m1/s1. The van der Waals surface area contributed by atoms with E-state index in [1.165, 1.54) is 13.3 Å². The number of benzene rings is 2. The Bertz CT molecular complexity index is 909. The summed E-state index contributed by atoms with van der Waals surface area (Å²) in [6.07, 6.45) is 2.54. The number of esters is 1. The summed E-state index contributed by atoms with van der Waals surface area (Å²) in [5.74, 6) is -0.831. The first-order chi connectivity index (χ1) is 13.4. The number of nitrogens with one attached hydrogen (secondary N) is 1. The van der Waals surface area contributed by atoms with Crippen LogP contribution < -0.4 is 5.32 Å². The molecule has 144 valence electrons. The second-order valence-corrected chi connectivity index (χ2v) is 6.72. The van der Waals surface area contributed by atoms with Crippen molar-refractivity contribution >= 4 is 24.1 Å². The van der Waals surface area contributed by atoms with E-state index in [9.17, 15) is 14.4 Å². The first-order valence-corrected chi connectivity index (χ1v) is 8.86. The molecule has 2 aromatic carbocycles. The van der Waals surface area contributed by atoms with Gasteiger partial charge in [-0.2, -0.15) is 5.10 Å². The smallest absolute Gasteiger partial charge is 0.346 e. The van der Waals surface area contributed by atoms with Crippen molar-refractivity contribution in [2.24, 2.45) is 5.10 Å². The third kappa shape index (κ3) is 4.09. The van der Waals surface area contributed by atoms with Crippen LogP contribution in [0.25, 0.3) is 0 Å². The van der Waals surface area contributed by atoms with Crippen LogP contribution in [0.5, 0.6) is 0 Å². The van der Waals surface area contributed by atoms with E-state index < -0.39 is 23.4 Å². The number of urea groups is 1. The van der Waals surface area contributed by atoms with Gasteiger partial charge in [0.1, 0.15) is 5.54 Å². The number of amides is 3. The van der Waals surface area contributed by atoms with Crippen LogP contribution in [0.1, 0.15) is 34.8 Å². The van der Waals surface area contributed by atoms with Gasteiger partial charge in [-0.25, -0.2) is 9.59 Å². The molecule has 0 aliphatic carbocycles. The molecule has 7 heteroatoms. The third-order valence-electron chi connectivity index (χ3n) is 4.65. The average molecular weight is 379 g/mol. The Balaban J connectivity index is 1.67. The van der Waals surface area contributed by atoms with E-state index in [2.05, 4.69) is 15.2 Å². The largest absolute Gasteiger partial charge is 0.465 e. The van der Waals surface area contributed by atoms with Gasteiger partial charge in [-0.05, 0) is 43.0 Å². The van der Waals surface area contributed by atoms with Gasteiger partial charge in [0.2, 0.25) is 0 Å². The van der Waals surface area contributed by atoms with Gasteiger partial charge in [-0.1, -0.05) is 42.5 Å². The van der Waals surface area contributed by atoms with E-state index in [0.29, 0.717) is 24.0 Å². The number of hydrazone groups is 1. The Hall–Kier alpha value is -3.48. The summed E-state index contributed by atoms with van der Waals surface area (Å²) in [6.45, 7) is 1.71. The summed E-state index contributed by atoms with van der Waals surface area (Å²) in [4.78, 5) is 36.4. The number of imide groups is 1. The highest BCUT2D eigenvalue weighted by Gasteiger charge is 2.47. The van der Waals surface area contributed by atoms with Crippen LogP contribution in [0.15, 0.2) is 59.7 Å². The van der Waals surface area contributed by atoms with Gasteiger partial charge < -0.3 is 10.1 Å². The lowest BCUT2D eigenvalue weighted by molar-refractivity contribution is -0.130. The van der Waals surface area contributed by atoms with E-state index in [0.717, 1.165) is 10.6 Å². The summed E-state index contributed by atoms with van der Waals surface area (Å²) in [6, 6.07) is 15.7. The fourth-order valence-electron chi connectivity index (χ4n) is 2.93. The number of methoxy groups -OCH3 is 1. The predicted molar refractivity (Wildman–Crippen MR) is 104 cm³/mol. The maximum atomic E-state index is 12.7. The first-order valence-electron chi connectivity index (χ1n) is 8.86. The minimum absolute atomic E-state index is 0.393. The van der Waals surface area contributed by atoms with Gasteiger partial charge in [-0.15, -0.1) is 5.01 Å². The lowest BCUT2D eigenvalue weighted by atomic mass is 9.93. The molecular weight excluding hydrogens is 358 g/mol. The van der Waals surface area contributed by atoms with Gasteiger partial charge in [0, 0.05) is 0 Å². The van der Waals surface area contributed by atoms with E-state index in [1.807, 2.05) is 30.3 Å². The summed E-state index contributed by atoms with van der Waals surface area (Å²) >= 11 is 0. The zero-order chi connectivity index (χ0) is 20.1. The molecule has 7 nitrogen and oxygen atoms in total. The Morgan fingerprint density at radius 3 is 2.46 bits per heavy atom. The molecule has 3 rings (SSSR count). The summed E-state index contributed by atoms with van der Waals surface area (Å²) in [7, 11) is 1.31. The van der Waals surface area contributed by atoms with Crippen LogP contribution in [-0.4, -0.2) is 41.8 Å². The normalized spacial score (nSPS) is 19.1. The zero-order valence-corrected chi connectivity index (χ0v) is 15.7. The number of carbonyl (C=O) groups is 3. The quantitative estimate of drug-likeness (QED) is 0.475. The molecule has 0 bridgehead atoms. The van der Waals surface area contributed by atoms with Crippen LogP contribution in [0, 0.1) is 0 Å². The van der Waals surface area contributed by atoms with Gasteiger partial charge in [0.25, 0.3) is 5.91 Å². The molecule has 1 aliphatic rings. The first kappa shape index (κ1) is 19.3. The summed E-state index contributed by atoms with van der Waals surface area (Å²) < 4.78 is 4.64. The van der Waals surface area contributed by atoms with Crippen LogP contribution in [0.4, 0.5) is 4.79 Å². The van der Waals surface area contributed by atoms with Crippen molar-refractivity contribution in [1.82, 2.24) is 10.3 Å². The number of carbonyl (C=O) groups excluding carboxylic acids is 3. The van der Waals surface area contributed by atoms with Crippen molar-refractivity contribution in [2.75, 3.05) is 7.11 Å². The minimum Gasteiger partial charge on any atom is -0.465 e. The highest BCUT2D eigenvalue weighted by atomic mass is 16.5. The molecule has 0 spiro atoms. The van der Waals surface area contributed by atoms with Crippen molar-refractivity contribution in [2.45, 2.75) is 25.3 Å². The SMILES string of the molecule is COC(=O)c1ccc(/C=N\N2C(=O)N[C@](C)(CCc3ccccc3)C2=O)cc1. The number of rotatable bonds is 6. The van der Waals surface area contributed by atoms with Gasteiger partial charge in [-0.3, -0.25) is 4.79 Å². The molecule has 1 aliphatic heterocycles. The van der Waals surface area contributed by atoms with Crippen molar-refractivity contribution in [1.29, 1.82) is 0 Å². The van der Waals surface area contributed by atoms with Gasteiger partial charge >= 0.3 is 12.0 Å². The van der Waals surface area contributed by atoms with E-state index in [1.54, 1.807) is 31.2 Å². The maximum absolute atomic E-state index is 12.7. The predicted octanol–water partition coefficient (Wildman–Crippen LogP) is 2.75. The molecule has 1 atom stereocenters. The van der Waals surface area contributed by atoms with Gasteiger partial charge in [0.15, 0.2) is 0 Å². The molecule has 0 radical (unpaired) electrons. The fourth-order valence-corrected chi connectivity index (χ4v) is 2.93. The van der Waals surface area contributed by atoms with Crippen molar-refractivity contribution in [3.05, 3.63) is 71.3 Å². The summed E-state index contributed by atoms with van der Waals surface area (Å²) in [5.41, 5.74) is 1.15. The van der Waals surface area contributed by atoms with Crippen molar-refractivity contribution in [3.63, 3.8) is 0 Å². The highest BCUT2D eigenvalue weighted by Crippen LogP contribution is 2.23. The molecule has 1 saturated heterocycles. The molecule has 1 N–H and O–H groups in total. The molecule has 1 fully saturated rings. The molecule has 3 amide bonds. The third-order valence-corrected chi connectivity index (χ3v) is 4.65. The highest BCUT2D eigenvalue weighted by molar-refractivity contribution is 6.07.